The molecule has 46 valence electrons. The van der Waals surface area contributed by atoms with Crippen LogP contribution in [0, 0.1) is 0 Å². The number of thioether (sulfide) groups is 1. The van der Waals surface area contributed by atoms with Gasteiger partial charge in [-0.15, -0.1) is 11.8 Å². The van der Waals surface area contributed by atoms with E-state index < -0.39 is 0 Å². The first kappa shape index (κ1) is 6.02. The summed E-state index contributed by atoms with van der Waals surface area (Å²) in [6, 6.07) is 0.657. The molecule has 0 saturated heterocycles. The summed E-state index contributed by atoms with van der Waals surface area (Å²) in [7, 11) is 0. The van der Waals surface area contributed by atoms with E-state index in [0.29, 0.717) is 6.04 Å². The van der Waals surface area contributed by atoms with Gasteiger partial charge < -0.3 is 5.32 Å². The van der Waals surface area contributed by atoms with Gasteiger partial charge in [0, 0.05) is 17.5 Å². The van der Waals surface area contributed by atoms with Crippen molar-refractivity contribution in [3.63, 3.8) is 0 Å². The van der Waals surface area contributed by atoms with Gasteiger partial charge in [0.2, 0.25) is 0 Å². The summed E-state index contributed by atoms with van der Waals surface area (Å²) in [5.74, 6) is 1.21. The third kappa shape index (κ3) is 1.44. The topological polar surface area (TPSA) is 12.0 Å². The molecule has 0 saturated carbocycles. The molecule has 0 spiro atoms. The van der Waals surface area contributed by atoms with E-state index in [-0.39, 0.29) is 0 Å². The van der Waals surface area contributed by atoms with Gasteiger partial charge in [-0.3, -0.25) is 0 Å². The molecule has 1 unspecified atom stereocenters. The third-order valence-electron chi connectivity index (χ3n) is 1.08. The number of allylic oxidation sites excluding steroid dienone is 1. The Labute approximate surface area is 54.5 Å². The van der Waals surface area contributed by atoms with Crippen LogP contribution < -0.4 is 5.32 Å². The average molecular weight is 129 g/mol. The lowest BCUT2D eigenvalue weighted by Crippen LogP contribution is -2.28. The summed E-state index contributed by atoms with van der Waals surface area (Å²) in [5, 5.41) is 5.49. The predicted molar refractivity (Wildman–Crippen MR) is 38.8 cm³/mol. The van der Waals surface area contributed by atoms with Crippen molar-refractivity contribution in [3.8, 4) is 0 Å². The van der Waals surface area contributed by atoms with Crippen molar-refractivity contribution in [2.45, 2.75) is 19.9 Å². The zero-order valence-electron chi connectivity index (χ0n) is 5.27. The standard InChI is InChI=1S/C6H11NS/c1-5-3-8-4-6(2)7-5/h3,6-7H,4H2,1-2H3. The Bertz CT molecular complexity index is 109. The van der Waals surface area contributed by atoms with Crippen LogP contribution in [0.4, 0.5) is 0 Å². The summed E-state index contributed by atoms with van der Waals surface area (Å²) >= 11 is 1.89. The van der Waals surface area contributed by atoms with Gasteiger partial charge in [-0.05, 0) is 19.3 Å². The molecule has 0 aromatic heterocycles. The molecule has 1 rings (SSSR count). The van der Waals surface area contributed by atoms with Gasteiger partial charge in [0.05, 0.1) is 0 Å². The molecule has 0 bridgehead atoms. The Morgan fingerprint density at radius 1 is 1.88 bits per heavy atom. The fraction of sp³-hybridized carbons (Fsp3) is 0.667. The highest BCUT2D eigenvalue weighted by atomic mass is 32.2. The molecule has 8 heavy (non-hydrogen) atoms. The molecule has 1 atom stereocenters. The largest absolute Gasteiger partial charge is 0.385 e. The molecule has 0 aromatic carbocycles. The van der Waals surface area contributed by atoms with Gasteiger partial charge in [-0.25, -0.2) is 0 Å². The van der Waals surface area contributed by atoms with Crippen molar-refractivity contribution in [3.05, 3.63) is 11.1 Å². The van der Waals surface area contributed by atoms with Crippen molar-refractivity contribution in [1.82, 2.24) is 5.32 Å². The van der Waals surface area contributed by atoms with Gasteiger partial charge in [-0.1, -0.05) is 0 Å². The normalized spacial score (nSPS) is 28.8. The van der Waals surface area contributed by atoms with Gasteiger partial charge >= 0.3 is 0 Å². The minimum atomic E-state index is 0.657. The second kappa shape index (κ2) is 2.44. The SMILES string of the molecule is CC1=CSCC(C)N1. The molecule has 1 nitrogen and oxygen atoms in total. The highest BCUT2D eigenvalue weighted by Crippen LogP contribution is 2.12. The van der Waals surface area contributed by atoms with E-state index in [4.69, 9.17) is 0 Å². The lowest BCUT2D eigenvalue weighted by atomic mass is 10.3. The van der Waals surface area contributed by atoms with Crippen molar-refractivity contribution < 1.29 is 0 Å². The minimum Gasteiger partial charge on any atom is -0.385 e. The van der Waals surface area contributed by atoms with Crippen molar-refractivity contribution in [1.29, 1.82) is 0 Å². The second-order valence-corrected chi connectivity index (χ2v) is 3.08. The van der Waals surface area contributed by atoms with Gasteiger partial charge in [0.25, 0.3) is 0 Å². The number of rotatable bonds is 0. The van der Waals surface area contributed by atoms with E-state index in [2.05, 4.69) is 24.6 Å². The van der Waals surface area contributed by atoms with Crippen LogP contribution in [0.3, 0.4) is 0 Å². The molecule has 0 amide bonds. The van der Waals surface area contributed by atoms with E-state index in [0.717, 1.165) is 0 Å². The Balaban J connectivity index is 2.45. The molecular formula is C6H11NS. The number of nitrogens with one attached hydrogen (secondary N) is 1. The van der Waals surface area contributed by atoms with E-state index in [1.807, 2.05) is 11.8 Å². The maximum absolute atomic E-state index is 3.32. The lowest BCUT2D eigenvalue weighted by molar-refractivity contribution is 0.674. The predicted octanol–water partition coefficient (Wildman–Crippen LogP) is 1.57. The second-order valence-electron chi connectivity index (χ2n) is 2.18. The fourth-order valence-electron chi connectivity index (χ4n) is 0.782. The Morgan fingerprint density at radius 2 is 2.62 bits per heavy atom. The first-order chi connectivity index (χ1) is 3.79. The van der Waals surface area contributed by atoms with Crippen molar-refractivity contribution >= 4 is 11.8 Å². The number of hydrogen-bond acceptors (Lipinski definition) is 2. The Kier molecular flexibility index (Phi) is 1.84. The van der Waals surface area contributed by atoms with Crippen LogP contribution in [-0.2, 0) is 0 Å². The summed E-state index contributed by atoms with van der Waals surface area (Å²) in [6.45, 7) is 4.30. The first-order valence-corrected chi connectivity index (χ1v) is 3.89. The van der Waals surface area contributed by atoms with Crippen LogP contribution in [0.25, 0.3) is 0 Å². The summed E-state index contributed by atoms with van der Waals surface area (Å²) < 4.78 is 0. The molecule has 0 aromatic rings. The Hall–Kier alpha value is -0.110. The molecule has 0 aliphatic carbocycles. The quantitative estimate of drug-likeness (QED) is 0.533. The van der Waals surface area contributed by atoms with Crippen LogP contribution in [0.2, 0.25) is 0 Å². The van der Waals surface area contributed by atoms with Crippen LogP contribution in [0.15, 0.2) is 11.1 Å². The molecule has 2 heteroatoms. The van der Waals surface area contributed by atoms with Gasteiger partial charge in [-0.2, -0.15) is 0 Å². The zero-order chi connectivity index (χ0) is 5.98. The Morgan fingerprint density at radius 3 is 3.00 bits per heavy atom. The maximum Gasteiger partial charge on any atom is 0.0323 e. The highest BCUT2D eigenvalue weighted by molar-refractivity contribution is 8.02. The molecule has 0 radical (unpaired) electrons. The van der Waals surface area contributed by atoms with E-state index in [9.17, 15) is 0 Å². The fourth-order valence-corrected chi connectivity index (χ4v) is 1.57. The number of hydrogen-bond donors (Lipinski definition) is 1. The van der Waals surface area contributed by atoms with E-state index in [1.165, 1.54) is 11.4 Å². The maximum atomic E-state index is 3.32. The van der Waals surface area contributed by atoms with E-state index >= 15 is 0 Å². The summed E-state index contributed by atoms with van der Waals surface area (Å²) in [6.07, 6.45) is 0. The van der Waals surface area contributed by atoms with E-state index in [1.54, 1.807) is 0 Å². The molecule has 1 N–H and O–H groups in total. The van der Waals surface area contributed by atoms with Gasteiger partial charge in [0.15, 0.2) is 0 Å². The first-order valence-electron chi connectivity index (χ1n) is 2.84. The third-order valence-corrected chi connectivity index (χ3v) is 2.29. The molecular weight excluding hydrogens is 118 g/mol. The monoisotopic (exact) mass is 129 g/mol. The minimum absolute atomic E-state index is 0.657. The highest BCUT2D eigenvalue weighted by Gasteiger charge is 2.04. The van der Waals surface area contributed by atoms with Crippen molar-refractivity contribution in [2.24, 2.45) is 0 Å². The summed E-state index contributed by atoms with van der Waals surface area (Å²) in [5.41, 5.74) is 1.30. The summed E-state index contributed by atoms with van der Waals surface area (Å²) in [4.78, 5) is 0. The van der Waals surface area contributed by atoms with Crippen LogP contribution in [-0.4, -0.2) is 11.8 Å². The van der Waals surface area contributed by atoms with Crippen LogP contribution in [0.5, 0.6) is 0 Å². The molecule has 0 fully saturated rings. The van der Waals surface area contributed by atoms with Crippen LogP contribution >= 0.6 is 11.8 Å². The molecule has 1 aliphatic rings. The van der Waals surface area contributed by atoms with Gasteiger partial charge in [0.1, 0.15) is 0 Å². The molecule has 1 aliphatic heterocycles. The molecule has 1 heterocycles. The zero-order valence-corrected chi connectivity index (χ0v) is 6.09. The average Bonchev–Trinajstić information content (AvgIpc) is 1.64. The van der Waals surface area contributed by atoms with Crippen LogP contribution in [0.1, 0.15) is 13.8 Å². The van der Waals surface area contributed by atoms with Crippen molar-refractivity contribution in [2.75, 3.05) is 5.75 Å². The smallest absolute Gasteiger partial charge is 0.0323 e. The lowest BCUT2D eigenvalue weighted by Gasteiger charge is -2.18.